The Morgan fingerprint density at radius 1 is 1.28 bits per heavy atom. The van der Waals surface area contributed by atoms with Gasteiger partial charge in [-0.15, -0.1) is 0 Å². The minimum Gasteiger partial charge on any atom is -0.338 e. The summed E-state index contributed by atoms with van der Waals surface area (Å²) >= 11 is 5.88. The molecule has 1 aromatic carbocycles. The van der Waals surface area contributed by atoms with E-state index < -0.39 is 0 Å². The number of amides is 3. The fraction of sp³-hybridized carbons (Fsp3) is 0.556. The van der Waals surface area contributed by atoms with Gasteiger partial charge in [-0.1, -0.05) is 11.6 Å². The highest BCUT2D eigenvalue weighted by Crippen LogP contribution is 2.23. The molecule has 0 aliphatic carbocycles. The first kappa shape index (κ1) is 19.5. The van der Waals surface area contributed by atoms with Crippen LogP contribution in [0.4, 0.5) is 10.5 Å². The summed E-state index contributed by atoms with van der Waals surface area (Å²) in [7, 11) is 0. The molecule has 1 atom stereocenters. The summed E-state index contributed by atoms with van der Waals surface area (Å²) in [4.78, 5) is 27.4. The van der Waals surface area contributed by atoms with Gasteiger partial charge in [0.15, 0.2) is 0 Å². The Balaban J connectivity index is 1.73. The van der Waals surface area contributed by atoms with Crippen LogP contribution in [0.25, 0.3) is 0 Å². The highest BCUT2D eigenvalue weighted by molar-refractivity contribution is 6.30. The number of hydrogen-bond donors (Lipinski definition) is 3. The first-order valence-electron chi connectivity index (χ1n) is 8.97. The van der Waals surface area contributed by atoms with Gasteiger partial charge in [-0.3, -0.25) is 4.79 Å². The summed E-state index contributed by atoms with van der Waals surface area (Å²) in [6, 6.07) is 6.78. The Morgan fingerprint density at radius 3 is 2.60 bits per heavy atom. The fourth-order valence-electron chi connectivity index (χ4n) is 3.06. The number of halogens is 1. The molecule has 0 radical (unpaired) electrons. The van der Waals surface area contributed by atoms with Gasteiger partial charge in [0.25, 0.3) is 0 Å². The summed E-state index contributed by atoms with van der Waals surface area (Å²) in [6.07, 6.45) is 1.27. The van der Waals surface area contributed by atoms with Gasteiger partial charge < -0.3 is 20.4 Å². The van der Waals surface area contributed by atoms with Gasteiger partial charge in [0.1, 0.15) is 0 Å². The van der Waals surface area contributed by atoms with Gasteiger partial charge in [-0.2, -0.15) is 0 Å². The van der Waals surface area contributed by atoms with Crippen molar-refractivity contribution in [1.82, 2.24) is 10.6 Å². The van der Waals surface area contributed by atoms with Gasteiger partial charge in [-0.05, 0) is 38.1 Å². The van der Waals surface area contributed by atoms with Crippen LogP contribution in [0.2, 0.25) is 5.02 Å². The topological polar surface area (TPSA) is 65.9 Å². The minimum atomic E-state index is -0.203. The second-order valence-corrected chi connectivity index (χ2v) is 6.78. The molecule has 1 saturated heterocycles. The van der Waals surface area contributed by atoms with Crippen LogP contribution < -0.4 is 20.4 Å². The molecule has 0 saturated carbocycles. The molecule has 6 nitrogen and oxygen atoms in total. The number of nitrogens with one attached hydrogen (secondary N) is 3. The lowest BCUT2D eigenvalue weighted by molar-refractivity contribution is -0.896. The van der Waals surface area contributed by atoms with Crippen LogP contribution >= 0.6 is 11.6 Å². The van der Waals surface area contributed by atoms with Crippen molar-refractivity contribution in [2.45, 2.75) is 32.7 Å². The summed E-state index contributed by atoms with van der Waals surface area (Å²) < 4.78 is 0. The smallest absolute Gasteiger partial charge is 0.315 e. The molecule has 138 valence electrons. The van der Waals surface area contributed by atoms with Crippen molar-refractivity contribution in [1.29, 1.82) is 0 Å². The lowest BCUT2D eigenvalue weighted by atomic mass is 10.2. The van der Waals surface area contributed by atoms with Crippen molar-refractivity contribution >= 4 is 29.2 Å². The zero-order chi connectivity index (χ0) is 18.2. The van der Waals surface area contributed by atoms with E-state index in [-0.39, 0.29) is 18.0 Å². The molecule has 1 fully saturated rings. The molecule has 2 rings (SSSR count). The average Bonchev–Trinajstić information content (AvgIpc) is 2.96. The molecule has 1 aliphatic rings. The summed E-state index contributed by atoms with van der Waals surface area (Å²) in [6.45, 7) is 8.74. The van der Waals surface area contributed by atoms with Gasteiger partial charge in [0.05, 0.1) is 25.7 Å². The molecular weight excluding hydrogens is 340 g/mol. The third-order valence-corrected chi connectivity index (χ3v) is 4.84. The summed E-state index contributed by atoms with van der Waals surface area (Å²) in [5.74, 6) is 0.0118. The van der Waals surface area contributed by atoms with E-state index in [1.54, 1.807) is 17.0 Å². The highest BCUT2D eigenvalue weighted by atomic mass is 35.5. The normalized spacial score (nSPS) is 17.2. The number of benzene rings is 1. The van der Waals surface area contributed by atoms with E-state index in [9.17, 15) is 9.59 Å². The van der Waals surface area contributed by atoms with E-state index in [4.69, 9.17) is 11.6 Å². The Hall–Kier alpha value is -1.79. The average molecular weight is 368 g/mol. The maximum atomic E-state index is 12.2. The Morgan fingerprint density at radius 2 is 1.96 bits per heavy atom. The second-order valence-electron chi connectivity index (χ2n) is 6.34. The summed E-state index contributed by atoms with van der Waals surface area (Å²) in [5.41, 5.74) is 0.807. The first-order chi connectivity index (χ1) is 12.0. The van der Waals surface area contributed by atoms with Crippen LogP contribution in [-0.4, -0.2) is 50.7 Å². The Kier molecular flexibility index (Phi) is 7.52. The van der Waals surface area contributed by atoms with Gasteiger partial charge in [0, 0.05) is 36.6 Å². The van der Waals surface area contributed by atoms with Crippen molar-refractivity contribution in [3.63, 3.8) is 0 Å². The van der Waals surface area contributed by atoms with Crippen LogP contribution in [0.5, 0.6) is 0 Å². The predicted octanol–water partition coefficient (Wildman–Crippen LogP) is 1.06. The van der Waals surface area contributed by atoms with Crippen molar-refractivity contribution in [3.05, 3.63) is 29.3 Å². The molecule has 3 amide bonds. The van der Waals surface area contributed by atoms with E-state index in [0.717, 1.165) is 31.7 Å². The van der Waals surface area contributed by atoms with Crippen LogP contribution in [0.15, 0.2) is 24.3 Å². The van der Waals surface area contributed by atoms with Crippen molar-refractivity contribution in [3.8, 4) is 0 Å². The van der Waals surface area contributed by atoms with E-state index in [0.29, 0.717) is 24.5 Å². The van der Waals surface area contributed by atoms with Crippen LogP contribution in [-0.2, 0) is 4.79 Å². The molecule has 1 aliphatic heterocycles. The third-order valence-electron chi connectivity index (χ3n) is 4.59. The van der Waals surface area contributed by atoms with Gasteiger partial charge >= 0.3 is 6.03 Å². The Bertz CT molecular complexity index is 575. The maximum absolute atomic E-state index is 12.2. The highest BCUT2D eigenvalue weighted by Gasteiger charge is 2.31. The first-order valence-corrected chi connectivity index (χ1v) is 9.35. The number of urea groups is 1. The SMILES string of the molecule is CC[NH+](CC)CCCNC(=O)N[C@H]1CC(=O)N(c2ccc(Cl)cc2)C1. The van der Waals surface area contributed by atoms with E-state index in [1.807, 2.05) is 12.1 Å². The quantitative estimate of drug-likeness (QED) is 0.601. The molecule has 0 spiro atoms. The van der Waals surface area contributed by atoms with Crippen molar-refractivity contribution < 1.29 is 14.5 Å². The molecule has 7 heteroatoms. The van der Waals surface area contributed by atoms with Crippen LogP contribution in [0.1, 0.15) is 26.7 Å². The van der Waals surface area contributed by atoms with Crippen molar-refractivity contribution in [2.24, 2.45) is 0 Å². The second kappa shape index (κ2) is 9.63. The molecular formula is C18H28ClN4O2+. The fourth-order valence-corrected chi connectivity index (χ4v) is 3.18. The molecule has 0 unspecified atom stereocenters. The number of rotatable bonds is 8. The van der Waals surface area contributed by atoms with E-state index >= 15 is 0 Å². The number of quaternary nitrogens is 1. The van der Waals surface area contributed by atoms with Crippen LogP contribution in [0, 0.1) is 0 Å². The summed E-state index contributed by atoms with van der Waals surface area (Å²) in [5, 5.41) is 6.41. The zero-order valence-electron chi connectivity index (χ0n) is 15.0. The molecule has 0 aromatic heterocycles. The number of hydrogen-bond acceptors (Lipinski definition) is 2. The molecule has 3 N–H and O–H groups in total. The predicted molar refractivity (Wildman–Crippen MR) is 100 cm³/mol. The minimum absolute atomic E-state index is 0.0118. The Labute approximate surface area is 154 Å². The number of nitrogens with zero attached hydrogens (tertiary/aromatic N) is 1. The van der Waals surface area contributed by atoms with Gasteiger partial charge in [-0.25, -0.2) is 4.79 Å². The zero-order valence-corrected chi connectivity index (χ0v) is 15.7. The number of carbonyl (C=O) groups is 2. The largest absolute Gasteiger partial charge is 0.338 e. The van der Waals surface area contributed by atoms with Crippen molar-refractivity contribution in [2.75, 3.05) is 37.6 Å². The molecule has 1 aromatic rings. The standard InChI is InChI=1S/C18H27ClN4O2/c1-3-22(4-2)11-5-10-20-18(25)21-15-12-17(24)23(13-15)16-8-6-14(19)7-9-16/h6-9,15H,3-5,10-13H2,1-2H3,(H2,20,21,25)/p+1/t15-/m0/s1. The third kappa shape index (κ3) is 5.90. The monoisotopic (exact) mass is 367 g/mol. The number of carbonyl (C=O) groups excluding carboxylic acids is 2. The maximum Gasteiger partial charge on any atom is 0.315 e. The lowest BCUT2D eigenvalue weighted by Crippen LogP contribution is -3.11. The van der Waals surface area contributed by atoms with E-state index in [1.165, 1.54) is 4.90 Å². The number of anilines is 1. The van der Waals surface area contributed by atoms with Gasteiger partial charge in [0.2, 0.25) is 5.91 Å². The molecule has 25 heavy (non-hydrogen) atoms. The molecule has 1 heterocycles. The molecule has 0 bridgehead atoms. The van der Waals surface area contributed by atoms with E-state index in [2.05, 4.69) is 24.5 Å². The van der Waals surface area contributed by atoms with Crippen LogP contribution in [0.3, 0.4) is 0 Å². The lowest BCUT2D eigenvalue weighted by Gasteiger charge is -2.18.